The number of fused-ring (bicyclic) bond motifs is 1. The first-order valence-electron chi connectivity index (χ1n) is 10.1. The summed E-state index contributed by atoms with van der Waals surface area (Å²) >= 11 is 0. The Hall–Kier alpha value is -4.73. The van der Waals surface area contributed by atoms with Crippen LogP contribution in [-0.2, 0) is 11.2 Å². The van der Waals surface area contributed by atoms with E-state index in [0.29, 0.717) is 11.3 Å². The lowest BCUT2D eigenvalue weighted by atomic mass is 10.0. The molecule has 10 heteroatoms. The van der Waals surface area contributed by atoms with Gasteiger partial charge < -0.3 is 4.42 Å². The first-order valence-corrected chi connectivity index (χ1v) is 10.1. The summed E-state index contributed by atoms with van der Waals surface area (Å²) < 4.78 is 34.5. The van der Waals surface area contributed by atoms with Gasteiger partial charge >= 0.3 is 5.69 Å². The molecule has 3 heterocycles. The standard InChI is InChI=1S/C24H14F2N4O4/c25-17-8-2-1-5-14(17)11-18-23-28-19(12-15-6-4-10-34-15)24(31)29(23)13-20(27-18)16-7-3-9-21(22(16)26)30(32)33/h1-10,12-13H,11H2/b19-12+. The summed E-state index contributed by atoms with van der Waals surface area (Å²) in [5.41, 5.74) is -0.391. The number of hydrogen-bond acceptors (Lipinski definition) is 6. The molecule has 0 atom stereocenters. The maximum atomic E-state index is 14.9. The van der Waals surface area contributed by atoms with Gasteiger partial charge in [-0.15, -0.1) is 0 Å². The molecule has 0 spiro atoms. The van der Waals surface area contributed by atoms with Gasteiger partial charge in [0.15, 0.2) is 5.84 Å². The maximum Gasteiger partial charge on any atom is 0.305 e. The second kappa shape index (κ2) is 8.32. The molecular weight excluding hydrogens is 446 g/mol. The van der Waals surface area contributed by atoms with Crippen LogP contribution in [0.3, 0.4) is 0 Å². The highest BCUT2D eigenvalue weighted by molar-refractivity contribution is 6.48. The van der Waals surface area contributed by atoms with Crippen molar-refractivity contribution in [2.75, 3.05) is 0 Å². The van der Waals surface area contributed by atoms with Crippen molar-refractivity contribution in [3.63, 3.8) is 0 Å². The average Bonchev–Trinajstić information content (AvgIpc) is 3.44. The molecule has 34 heavy (non-hydrogen) atoms. The molecule has 0 unspecified atom stereocenters. The van der Waals surface area contributed by atoms with E-state index in [9.17, 15) is 23.7 Å². The van der Waals surface area contributed by atoms with E-state index in [-0.39, 0.29) is 34.9 Å². The van der Waals surface area contributed by atoms with Crippen molar-refractivity contribution in [1.82, 2.24) is 4.90 Å². The first-order chi connectivity index (χ1) is 16.4. The van der Waals surface area contributed by atoms with Crippen LogP contribution in [0.1, 0.15) is 16.9 Å². The lowest BCUT2D eigenvalue weighted by molar-refractivity contribution is -0.387. The van der Waals surface area contributed by atoms with Crippen LogP contribution in [0, 0.1) is 21.7 Å². The summed E-state index contributed by atoms with van der Waals surface area (Å²) in [5.74, 6) is -1.55. The zero-order valence-corrected chi connectivity index (χ0v) is 17.3. The second-order valence-corrected chi connectivity index (χ2v) is 7.39. The number of carbonyl (C=O) groups is 1. The minimum Gasteiger partial charge on any atom is -0.465 e. The van der Waals surface area contributed by atoms with Crippen molar-refractivity contribution in [2.45, 2.75) is 6.42 Å². The molecule has 2 aliphatic heterocycles. The normalized spacial score (nSPS) is 16.3. The number of hydrogen-bond donors (Lipinski definition) is 0. The van der Waals surface area contributed by atoms with Crippen LogP contribution in [0.15, 0.2) is 87.2 Å². The number of nitro benzene ring substituents is 1. The van der Waals surface area contributed by atoms with Crippen LogP contribution < -0.4 is 0 Å². The molecule has 0 fully saturated rings. The fourth-order valence-corrected chi connectivity index (χ4v) is 3.64. The van der Waals surface area contributed by atoms with Gasteiger partial charge in [0.2, 0.25) is 5.82 Å². The van der Waals surface area contributed by atoms with E-state index in [0.717, 1.165) is 6.07 Å². The molecule has 0 N–H and O–H groups in total. The van der Waals surface area contributed by atoms with Gasteiger partial charge in [0.25, 0.3) is 5.91 Å². The van der Waals surface area contributed by atoms with Crippen molar-refractivity contribution in [3.8, 4) is 0 Å². The number of amidine groups is 1. The maximum absolute atomic E-state index is 14.9. The Morgan fingerprint density at radius 2 is 1.88 bits per heavy atom. The van der Waals surface area contributed by atoms with Crippen molar-refractivity contribution in [1.29, 1.82) is 0 Å². The van der Waals surface area contributed by atoms with Gasteiger partial charge in [0.05, 0.1) is 22.6 Å². The van der Waals surface area contributed by atoms with E-state index in [1.54, 1.807) is 30.3 Å². The highest BCUT2D eigenvalue weighted by atomic mass is 19.1. The predicted molar refractivity (Wildman–Crippen MR) is 120 cm³/mol. The summed E-state index contributed by atoms with van der Waals surface area (Å²) in [6.45, 7) is 0. The summed E-state index contributed by atoms with van der Waals surface area (Å²) in [4.78, 5) is 33.4. The van der Waals surface area contributed by atoms with Crippen LogP contribution in [0.5, 0.6) is 0 Å². The number of nitro groups is 1. The number of furan rings is 1. The Kier molecular flexibility index (Phi) is 5.17. The third-order valence-corrected chi connectivity index (χ3v) is 5.25. The molecule has 3 aromatic rings. The number of nitrogens with zero attached hydrogens (tertiary/aromatic N) is 4. The minimum absolute atomic E-state index is 0.0286. The van der Waals surface area contributed by atoms with Crippen molar-refractivity contribution < 1.29 is 22.9 Å². The van der Waals surface area contributed by atoms with Crippen LogP contribution in [0.2, 0.25) is 0 Å². The molecule has 0 radical (unpaired) electrons. The summed E-state index contributed by atoms with van der Waals surface area (Å²) in [7, 11) is 0. The highest BCUT2D eigenvalue weighted by Gasteiger charge is 2.36. The van der Waals surface area contributed by atoms with Crippen molar-refractivity contribution in [2.24, 2.45) is 9.98 Å². The summed E-state index contributed by atoms with van der Waals surface area (Å²) in [6, 6.07) is 13.0. The second-order valence-electron chi connectivity index (χ2n) is 7.39. The molecule has 2 aliphatic rings. The molecule has 2 aromatic carbocycles. The Bertz CT molecular complexity index is 1460. The van der Waals surface area contributed by atoms with Gasteiger partial charge in [-0.05, 0) is 29.8 Å². The number of rotatable bonds is 5. The molecule has 1 aromatic heterocycles. The zero-order chi connectivity index (χ0) is 23.8. The van der Waals surface area contributed by atoms with Gasteiger partial charge in [-0.2, -0.15) is 4.39 Å². The Morgan fingerprint density at radius 1 is 1.06 bits per heavy atom. The van der Waals surface area contributed by atoms with E-state index in [4.69, 9.17) is 4.42 Å². The molecule has 5 rings (SSSR count). The number of amides is 1. The smallest absolute Gasteiger partial charge is 0.305 e. The van der Waals surface area contributed by atoms with Gasteiger partial charge in [-0.1, -0.05) is 24.3 Å². The average molecular weight is 460 g/mol. The highest BCUT2D eigenvalue weighted by Crippen LogP contribution is 2.32. The van der Waals surface area contributed by atoms with Crippen LogP contribution in [-0.4, -0.2) is 27.3 Å². The molecule has 168 valence electrons. The van der Waals surface area contributed by atoms with Crippen LogP contribution in [0.25, 0.3) is 11.8 Å². The lowest BCUT2D eigenvalue weighted by Crippen LogP contribution is -2.36. The molecular formula is C24H14F2N4O4. The fraction of sp³-hybridized carbons (Fsp3) is 0.0417. The van der Waals surface area contributed by atoms with Crippen LogP contribution >= 0.6 is 0 Å². The molecule has 0 aliphatic carbocycles. The number of halogens is 2. The van der Waals surface area contributed by atoms with E-state index in [1.807, 2.05) is 0 Å². The van der Waals surface area contributed by atoms with E-state index >= 15 is 0 Å². The number of carbonyl (C=O) groups excluding carboxylic acids is 1. The van der Waals surface area contributed by atoms with Crippen molar-refractivity contribution in [3.05, 3.63) is 111 Å². The molecule has 1 amide bonds. The van der Waals surface area contributed by atoms with E-state index in [2.05, 4.69) is 9.98 Å². The quantitative estimate of drug-likeness (QED) is 0.312. The minimum atomic E-state index is -1.09. The van der Waals surface area contributed by atoms with E-state index in [1.165, 1.54) is 41.6 Å². The van der Waals surface area contributed by atoms with Gasteiger partial charge in [-0.25, -0.2) is 14.4 Å². The fourth-order valence-electron chi connectivity index (χ4n) is 3.64. The molecule has 0 saturated heterocycles. The van der Waals surface area contributed by atoms with Gasteiger partial charge in [0.1, 0.15) is 17.3 Å². The van der Waals surface area contributed by atoms with Crippen LogP contribution in [0.4, 0.5) is 14.5 Å². The predicted octanol–water partition coefficient (Wildman–Crippen LogP) is 4.74. The summed E-state index contributed by atoms with van der Waals surface area (Å²) in [5, 5.41) is 11.2. The topological polar surface area (TPSA) is 101 Å². The third-order valence-electron chi connectivity index (χ3n) is 5.25. The molecule has 8 nitrogen and oxygen atoms in total. The largest absolute Gasteiger partial charge is 0.465 e. The number of benzene rings is 2. The first kappa shape index (κ1) is 21.1. The SMILES string of the molecule is O=C1/C(=C\c2ccco2)N=C2C(Cc3ccccc3F)=NC(c3cccc([N+](=O)[O-])c3F)=CN12. The lowest BCUT2D eigenvalue weighted by Gasteiger charge is -2.22. The molecule has 0 saturated carbocycles. The Labute approximate surface area is 191 Å². The number of aliphatic imine (C=N–C) groups is 2. The third kappa shape index (κ3) is 3.71. The zero-order valence-electron chi connectivity index (χ0n) is 17.3. The van der Waals surface area contributed by atoms with Gasteiger partial charge in [0, 0.05) is 30.3 Å². The molecule has 0 bridgehead atoms. The Balaban J connectivity index is 1.64. The monoisotopic (exact) mass is 460 g/mol. The van der Waals surface area contributed by atoms with E-state index < -0.39 is 28.2 Å². The Morgan fingerprint density at radius 3 is 2.62 bits per heavy atom. The van der Waals surface area contributed by atoms with Crippen molar-refractivity contribution >= 4 is 34.9 Å². The summed E-state index contributed by atoms with van der Waals surface area (Å²) in [6.07, 6.45) is 4.10. The van der Waals surface area contributed by atoms with Gasteiger partial charge in [-0.3, -0.25) is 19.8 Å².